The molecular weight excluding hydrogens is 258 g/mol. The van der Waals surface area contributed by atoms with Gasteiger partial charge in [-0.25, -0.2) is 0 Å². The van der Waals surface area contributed by atoms with Gasteiger partial charge in [-0.3, -0.25) is 19.7 Å². The molecule has 0 spiro atoms. The summed E-state index contributed by atoms with van der Waals surface area (Å²) < 4.78 is 0. The second-order valence-electron chi connectivity index (χ2n) is 4.97. The lowest BCUT2D eigenvalue weighted by Crippen LogP contribution is -2.53. The van der Waals surface area contributed by atoms with Crippen LogP contribution in [0.4, 0.5) is 0 Å². The first-order valence-corrected chi connectivity index (χ1v) is 6.78. The number of imide groups is 1. The number of piperidine rings is 1. The van der Waals surface area contributed by atoms with Gasteiger partial charge in [-0.1, -0.05) is 13.0 Å². The molecule has 2 aliphatic heterocycles. The third-order valence-electron chi connectivity index (χ3n) is 3.77. The molecule has 3 N–H and O–H groups in total. The topological polar surface area (TPSA) is 92.5 Å². The van der Waals surface area contributed by atoms with Gasteiger partial charge in [-0.2, -0.15) is 0 Å². The molecule has 108 valence electrons. The van der Waals surface area contributed by atoms with Gasteiger partial charge in [0.2, 0.25) is 11.8 Å². The summed E-state index contributed by atoms with van der Waals surface area (Å²) in [6, 6.07) is -0.586. The number of likely N-dealkylation sites (tertiary alicyclic amines) is 1. The Labute approximate surface area is 117 Å². The molecular formula is C14H19N3O3. The summed E-state index contributed by atoms with van der Waals surface area (Å²) in [4.78, 5) is 37.1. The predicted octanol–water partition coefficient (Wildman–Crippen LogP) is 0.203. The molecule has 6 nitrogen and oxygen atoms in total. The van der Waals surface area contributed by atoms with E-state index in [0.29, 0.717) is 30.7 Å². The number of nitrogens with zero attached hydrogens (tertiary/aromatic N) is 1. The first-order chi connectivity index (χ1) is 9.49. The van der Waals surface area contributed by atoms with Crippen molar-refractivity contribution in [1.82, 2.24) is 10.2 Å². The van der Waals surface area contributed by atoms with Crippen LogP contribution in [0.15, 0.2) is 22.9 Å². The van der Waals surface area contributed by atoms with Crippen LogP contribution in [0.5, 0.6) is 0 Å². The molecule has 3 amide bonds. The molecule has 2 aliphatic rings. The average molecular weight is 277 g/mol. The Bertz CT molecular complexity index is 534. The maximum Gasteiger partial charge on any atom is 0.256 e. The summed E-state index contributed by atoms with van der Waals surface area (Å²) in [5, 5.41) is 2.28. The second-order valence-corrected chi connectivity index (χ2v) is 4.97. The van der Waals surface area contributed by atoms with Crippen molar-refractivity contribution in [3.8, 4) is 0 Å². The standard InChI is InChI=1S/C14H19N3O3/c1-3-8-7-17(14(20)12(8)9(15)4-2)10-5-6-11(18)16-13(10)19/h3,10H,4-7,15H2,1-2H3,(H,16,18,19)/b8-3-,12-9-. The monoisotopic (exact) mass is 277 g/mol. The minimum atomic E-state index is -0.586. The summed E-state index contributed by atoms with van der Waals surface area (Å²) in [5.74, 6) is -0.902. The lowest BCUT2D eigenvalue weighted by molar-refractivity contribution is -0.142. The van der Waals surface area contributed by atoms with Crippen LogP contribution in [0.3, 0.4) is 0 Å². The zero-order valence-electron chi connectivity index (χ0n) is 11.7. The molecule has 2 saturated heterocycles. The second kappa shape index (κ2) is 5.48. The van der Waals surface area contributed by atoms with Crippen LogP contribution in [0.1, 0.15) is 33.1 Å². The molecule has 1 atom stereocenters. The molecule has 2 heterocycles. The van der Waals surface area contributed by atoms with Crippen LogP contribution >= 0.6 is 0 Å². The Morgan fingerprint density at radius 1 is 1.45 bits per heavy atom. The summed E-state index contributed by atoms with van der Waals surface area (Å²) >= 11 is 0. The molecule has 2 rings (SSSR count). The van der Waals surface area contributed by atoms with E-state index in [4.69, 9.17) is 5.73 Å². The Hall–Kier alpha value is -2.11. The zero-order valence-corrected chi connectivity index (χ0v) is 11.7. The van der Waals surface area contributed by atoms with Gasteiger partial charge in [0.15, 0.2) is 0 Å². The molecule has 0 aromatic heterocycles. The van der Waals surface area contributed by atoms with E-state index in [-0.39, 0.29) is 18.2 Å². The van der Waals surface area contributed by atoms with E-state index in [1.807, 2.05) is 19.9 Å². The van der Waals surface area contributed by atoms with Gasteiger partial charge in [0.25, 0.3) is 5.91 Å². The van der Waals surface area contributed by atoms with Crippen LogP contribution in [-0.4, -0.2) is 35.2 Å². The van der Waals surface area contributed by atoms with E-state index in [0.717, 1.165) is 5.57 Å². The third-order valence-corrected chi connectivity index (χ3v) is 3.77. The molecule has 0 radical (unpaired) electrons. The Balaban J connectivity index is 2.30. The molecule has 0 aromatic rings. The fraction of sp³-hybridized carbons (Fsp3) is 0.500. The number of nitrogens with two attached hydrogens (primary N) is 1. The highest BCUT2D eigenvalue weighted by Gasteiger charge is 2.41. The lowest BCUT2D eigenvalue weighted by Gasteiger charge is -2.29. The fourth-order valence-corrected chi connectivity index (χ4v) is 2.60. The van der Waals surface area contributed by atoms with E-state index < -0.39 is 11.9 Å². The van der Waals surface area contributed by atoms with Gasteiger partial charge in [-0.05, 0) is 25.3 Å². The van der Waals surface area contributed by atoms with Gasteiger partial charge >= 0.3 is 0 Å². The van der Waals surface area contributed by atoms with E-state index in [2.05, 4.69) is 5.32 Å². The summed E-state index contributed by atoms with van der Waals surface area (Å²) in [6.45, 7) is 4.11. The maximum atomic E-state index is 12.5. The third kappa shape index (κ3) is 2.33. The largest absolute Gasteiger partial charge is 0.401 e. The molecule has 6 heteroatoms. The molecule has 0 saturated carbocycles. The smallest absolute Gasteiger partial charge is 0.256 e. The SMILES string of the molecule is C/C=C1/CN(C2CCC(=O)NC2=O)C(=O)/C1=C(\N)CC. The lowest BCUT2D eigenvalue weighted by atomic mass is 10.0. The number of hydrogen-bond acceptors (Lipinski definition) is 4. The number of carbonyl (C=O) groups excluding carboxylic acids is 3. The Kier molecular flexibility index (Phi) is 3.92. The Morgan fingerprint density at radius 3 is 2.70 bits per heavy atom. The number of allylic oxidation sites excluding steroid dienone is 2. The predicted molar refractivity (Wildman–Crippen MR) is 73.1 cm³/mol. The maximum absolute atomic E-state index is 12.5. The molecule has 0 bridgehead atoms. The first-order valence-electron chi connectivity index (χ1n) is 6.78. The van der Waals surface area contributed by atoms with Crippen molar-refractivity contribution in [2.45, 2.75) is 39.2 Å². The van der Waals surface area contributed by atoms with Crippen molar-refractivity contribution < 1.29 is 14.4 Å². The number of carbonyl (C=O) groups is 3. The van der Waals surface area contributed by atoms with Crippen LogP contribution < -0.4 is 11.1 Å². The summed E-state index contributed by atoms with van der Waals surface area (Å²) in [7, 11) is 0. The van der Waals surface area contributed by atoms with Crippen molar-refractivity contribution in [2.75, 3.05) is 6.54 Å². The number of nitrogens with one attached hydrogen (secondary N) is 1. The van der Waals surface area contributed by atoms with E-state index in [1.165, 1.54) is 4.90 Å². The molecule has 0 aromatic carbocycles. The Morgan fingerprint density at radius 2 is 2.15 bits per heavy atom. The van der Waals surface area contributed by atoms with Crippen LogP contribution in [0.2, 0.25) is 0 Å². The van der Waals surface area contributed by atoms with Crippen molar-refractivity contribution in [1.29, 1.82) is 0 Å². The van der Waals surface area contributed by atoms with E-state index in [9.17, 15) is 14.4 Å². The number of hydrogen-bond donors (Lipinski definition) is 2. The van der Waals surface area contributed by atoms with Crippen LogP contribution in [0, 0.1) is 0 Å². The van der Waals surface area contributed by atoms with E-state index >= 15 is 0 Å². The van der Waals surface area contributed by atoms with Crippen molar-refractivity contribution in [2.24, 2.45) is 5.73 Å². The average Bonchev–Trinajstić information content (AvgIpc) is 2.75. The highest BCUT2D eigenvalue weighted by molar-refractivity contribution is 6.07. The van der Waals surface area contributed by atoms with Crippen LogP contribution in [0.25, 0.3) is 0 Å². The fourth-order valence-electron chi connectivity index (χ4n) is 2.60. The molecule has 1 unspecified atom stereocenters. The van der Waals surface area contributed by atoms with Gasteiger partial charge in [0, 0.05) is 18.7 Å². The summed E-state index contributed by atoms with van der Waals surface area (Å²) in [5.41, 5.74) is 7.82. The van der Waals surface area contributed by atoms with Crippen LogP contribution in [-0.2, 0) is 14.4 Å². The quantitative estimate of drug-likeness (QED) is 0.557. The molecule has 2 fully saturated rings. The normalized spacial score (nSPS) is 28.1. The van der Waals surface area contributed by atoms with Gasteiger partial charge in [0.1, 0.15) is 6.04 Å². The van der Waals surface area contributed by atoms with Crippen molar-refractivity contribution >= 4 is 17.7 Å². The number of amides is 3. The van der Waals surface area contributed by atoms with Gasteiger partial charge in [0.05, 0.1) is 5.57 Å². The van der Waals surface area contributed by atoms with Crippen molar-refractivity contribution in [3.63, 3.8) is 0 Å². The first kappa shape index (κ1) is 14.3. The highest BCUT2D eigenvalue weighted by Crippen LogP contribution is 2.29. The summed E-state index contributed by atoms with van der Waals surface area (Å²) in [6.07, 6.45) is 3.06. The highest BCUT2D eigenvalue weighted by atomic mass is 16.2. The van der Waals surface area contributed by atoms with Gasteiger partial charge < -0.3 is 10.6 Å². The van der Waals surface area contributed by atoms with Crippen molar-refractivity contribution in [3.05, 3.63) is 22.9 Å². The number of rotatable bonds is 2. The zero-order chi connectivity index (χ0) is 14.9. The molecule has 20 heavy (non-hydrogen) atoms. The minimum Gasteiger partial charge on any atom is -0.401 e. The minimum absolute atomic E-state index is 0.216. The van der Waals surface area contributed by atoms with Gasteiger partial charge in [-0.15, -0.1) is 0 Å². The molecule has 0 aliphatic carbocycles. The van der Waals surface area contributed by atoms with E-state index in [1.54, 1.807) is 0 Å².